The maximum Gasteiger partial charge on any atom is 1.00 e. The van der Waals surface area contributed by atoms with Gasteiger partial charge < -0.3 is 6.53 Å². The number of allylic oxidation sites excluding steroid dienone is 2. The van der Waals surface area contributed by atoms with Crippen molar-refractivity contribution in [3.05, 3.63) is 37.0 Å². The molecule has 0 aliphatic carbocycles. The summed E-state index contributed by atoms with van der Waals surface area (Å²) in [5, 5.41) is 8.22. The Morgan fingerprint density at radius 3 is 2.40 bits per heavy atom. The van der Waals surface area contributed by atoms with E-state index >= 15 is 0 Å². The molecule has 1 N–H and O–H groups in total. The van der Waals surface area contributed by atoms with Gasteiger partial charge in [-0.1, -0.05) is 25.3 Å². The molecule has 50 valence electrons. The van der Waals surface area contributed by atoms with Gasteiger partial charge in [-0.05, 0) is 6.08 Å². The summed E-state index contributed by atoms with van der Waals surface area (Å²) in [4.78, 5) is 10.0. The Morgan fingerprint density at radius 1 is 1.60 bits per heavy atom. The smallest absolute Gasteiger partial charge is 1.00 e. The molecule has 0 amide bonds. The van der Waals surface area contributed by atoms with Gasteiger partial charge in [0.1, 0.15) is 0 Å². The fourth-order valence-electron chi connectivity index (χ4n) is 0.255. The van der Waals surface area contributed by atoms with Crippen molar-refractivity contribution in [2.45, 2.75) is 0 Å². The average Bonchev–Trinajstić information content (AvgIpc) is 1.82. The Labute approximate surface area is 83.7 Å². The van der Waals surface area contributed by atoms with Crippen LogP contribution in [0.5, 0.6) is 0 Å². The first-order valence-electron chi connectivity index (χ1n) is 2.39. The minimum absolute atomic E-state index is 0. The van der Waals surface area contributed by atoms with E-state index in [1.54, 1.807) is 0 Å². The van der Waals surface area contributed by atoms with E-state index in [9.17, 15) is 4.79 Å². The van der Waals surface area contributed by atoms with Crippen LogP contribution in [0.4, 0.5) is 0 Å². The van der Waals surface area contributed by atoms with Crippen LogP contribution in [0.1, 0.15) is 1.43 Å². The maximum atomic E-state index is 10.0. The summed E-state index contributed by atoms with van der Waals surface area (Å²) in [5.41, 5.74) is 0.0647. The second-order valence-corrected chi connectivity index (χ2v) is 1.43. The standard InChI is InChI=1S/C7H8O2.Na.H/c1-3-4-5-6(2)7(8)9;;/h3-5H,1-2H2,(H,8,9);;/q;+1;-1. The molecule has 0 aromatic rings. The Balaban J connectivity index is -0.000000320. The number of aliphatic carboxylic acids is 1. The third kappa shape index (κ3) is 5.82. The van der Waals surface area contributed by atoms with Gasteiger partial charge in [-0.2, -0.15) is 0 Å². The number of carboxylic acids is 1. The van der Waals surface area contributed by atoms with E-state index in [2.05, 4.69) is 13.2 Å². The van der Waals surface area contributed by atoms with E-state index in [0.717, 1.165) is 0 Å². The predicted octanol–water partition coefficient (Wildman–Crippen LogP) is -1.51. The molecule has 10 heavy (non-hydrogen) atoms. The molecule has 2 nitrogen and oxygen atoms in total. The van der Waals surface area contributed by atoms with E-state index in [1.165, 1.54) is 18.2 Å². The topological polar surface area (TPSA) is 37.3 Å². The summed E-state index contributed by atoms with van der Waals surface area (Å²) in [6.45, 7) is 6.63. The van der Waals surface area contributed by atoms with Crippen LogP contribution in [0.25, 0.3) is 0 Å². The number of carbonyl (C=O) groups is 1. The number of hydrogen-bond donors (Lipinski definition) is 1. The number of hydrogen-bond acceptors (Lipinski definition) is 1. The first-order valence-corrected chi connectivity index (χ1v) is 2.39. The van der Waals surface area contributed by atoms with Crippen molar-refractivity contribution < 1.29 is 40.9 Å². The van der Waals surface area contributed by atoms with Crippen molar-refractivity contribution in [2.75, 3.05) is 0 Å². The molecule has 0 unspecified atom stereocenters. The quantitative estimate of drug-likeness (QED) is 0.300. The molecule has 0 saturated heterocycles. The molecule has 0 rings (SSSR count). The summed E-state index contributed by atoms with van der Waals surface area (Å²) in [6, 6.07) is 0. The molecule has 0 aromatic carbocycles. The SMILES string of the molecule is C=CC=CC(=C)C(=O)O.[H-].[Na+]. The predicted molar refractivity (Wildman–Crippen MR) is 37.2 cm³/mol. The van der Waals surface area contributed by atoms with Crippen molar-refractivity contribution >= 4 is 5.97 Å². The van der Waals surface area contributed by atoms with Crippen molar-refractivity contribution in [1.29, 1.82) is 0 Å². The number of rotatable bonds is 3. The Bertz CT molecular complexity index is 175. The van der Waals surface area contributed by atoms with Crippen molar-refractivity contribution in [1.82, 2.24) is 0 Å². The molecular weight excluding hydrogens is 139 g/mol. The first-order chi connectivity index (χ1) is 4.18. The zero-order valence-corrected chi connectivity index (χ0v) is 8.00. The van der Waals surface area contributed by atoms with Crippen LogP contribution in [-0.2, 0) is 4.79 Å². The molecule has 0 aromatic heterocycles. The van der Waals surface area contributed by atoms with Gasteiger partial charge >= 0.3 is 35.5 Å². The molecule has 0 fully saturated rings. The normalized spacial score (nSPS) is 8.40. The van der Waals surface area contributed by atoms with Crippen LogP contribution in [-0.4, -0.2) is 11.1 Å². The van der Waals surface area contributed by atoms with Crippen LogP contribution < -0.4 is 29.6 Å². The van der Waals surface area contributed by atoms with Crippen LogP contribution in [0.15, 0.2) is 37.0 Å². The van der Waals surface area contributed by atoms with Crippen LogP contribution in [0.2, 0.25) is 0 Å². The Hall–Kier alpha value is -0.310. The molecule has 3 heteroatoms. The van der Waals surface area contributed by atoms with Gasteiger partial charge in [0.25, 0.3) is 0 Å². The third-order valence-electron chi connectivity index (χ3n) is 0.708. The Kier molecular flexibility index (Phi) is 8.42. The molecule has 0 saturated carbocycles. The van der Waals surface area contributed by atoms with Gasteiger partial charge in [-0.25, -0.2) is 4.79 Å². The summed E-state index contributed by atoms with van der Waals surface area (Å²) in [5.74, 6) is -1.01. The number of carboxylic acid groups (broad SMARTS) is 1. The fourth-order valence-corrected chi connectivity index (χ4v) is 0.255. The largest absolute Gasteiger partial charge is 1.00 e. The minimum atomic E-state index is -1.01. The molecule has 0 radical (unpaired) electrons. The second kappa shape index (κ2) is 6.81. The second-order valence-electron chi connectivity index (χ2n) is 1.43. The van der Waals surface area contributed by atoms with E-state index in [-0.39, 0.29) is 36.6 Å². The summed E-state index contributed by atoms with van der Waals surface area (Å²) >= 11 is 0. The van der Waals surface area contributed by atoms with Gasteiger partial charge in [0.2, 0.25) is 0 Å². The van der Waals surface area contributed by atoms with E-state index in [1.807, 2.05) is 0 Å². The zero-order chi connectivity index (χ0) is 7.28. The van der Waals surface area contributed by atoms with Gasteiger partial charge in [-0.15, -0.1) is 0 Å². The molecule has 0 bridgehead atoms. The fraction of sp³-hybridized carbons (Fsp3) is 0. The molecule has 0 aliphatic rings. The van der Waals surface area contributed by atoms with Gasteiger partial charge in [0.15, 0.2) is 0 Å². The van der Waals surface area contributed by atoms with Crippen LogP contribution in [0.3, 0.4) is 0 Å². The maximum absolute atomic E-state index is 10.0. The van der Waals surface area contributed by atoms with Crippen LogP contribution in [0, 0.1) is 0 Å². The molecule has 0 atom stereocenters. The first kappa shape index (κ1) is 12.4. The van der Waals surface area contributed by atoms with Crippen molar-refractivity contribution in [3.63, 3.8) is 0 Å². The average molecular weight is 148 g/mol. The van der Waals surface area contributed by atoms with Gasteiger partial charge in [0.05, 0.1) is 5.57 Å². The van der Waals surface area contributed by atoms with Gasteiger partial charge in [0, 0.05) is 0 Å². The molecule has 0 aliphatic heterocycles. The summed E-state index contributed by atoms with van der Waals surface area (Å²) in [7, 11) is 0. The van der Waals surface area contributed by atoms with E-state index < -0.39 is 5.97 Å². The third-order valence-corrected chi connectivity index (χ3v) is 0.708. The minimum Gasteiger partial charge on any atom is -1.00 e. The molecule has 0 spiro atoms. The monoisotopic (exact) mass is 148 g/mol. The van der Waals surface area contributed by atoms with E-state index in [0.29, 0.717) is 0 Å². The van der Waals surface area contributed by atoms with Crippen molar-refractivity contribution in [3.8, 4) is 0 Å². The summed E-state index contributed by atoms with van der Waals surface area (Å²) < 4.78 is 0. The van der Waals surface area contributed by atoms with E-state index in [4.69, 9.17) is 5.11 Å². The summed E-state index contributed by atoms with van der Waals surface area (Å²) in [6.07, 6.45) is 4.40. The molecular formula is C7H9NaO2. The zero-order valence-electron chi connectivity index (χ0n) is 7.00. The van der Waals surface area contributed by atoms with Crippen LogP contribution >= 0.6 is 0 Å². The van der Waals surface area contributed by atoms with Crippen molar-refractivity contribution in [2.24, 2.45) is 0 Å². The molecule has 0 heterocycles. The van der Waals surface area contributed by atoms with Gasteiger partial charge in [-0.3, -0.25) is 0 Å². The Morgan fingerprint density at radius 2 is 2.10 bits per heavy atom.